The first kappa shape index (κ1) is 29.6. The number of anilines is 1. The van der Waals surface area contributed by atoms with Crippen molar-refractivity contribution in [2.75, 3.05) is 31.7 Å². The van der Waals surface area contributed by atoms with Gasteiger partial charge in [0, 0.05) is 16.3 Å². The van der Waals surface area contributed by atoms with Crippen LogP contribution in [0.25, 0.3) is 0 Å². The Hall–Kier alpha value is -3.95. The molecule has 0 radical (unpaired) electrons. The van der Waals surface area contributed by atoms with E-state index in [9.17, 15) is 9.59 Å². The van der Waals surface area contributed by atoms with E-state index in [1.807, 2.05) is 13.8 Å². The SMILES string of the molecule is CCOc1ccc(C(=O)N/N=C/c2cc(Cl)c(OCC(=O)Nc3ccc(Cl)cc3)c(OCC)c2)cc1OCC. The van der Waals surface area contributed by atoms with E-state index < -0.39 is 5.91 Å². The minimum atomic E-state index is -0.432. The van der Waals surface area contributed by atoms with Gasteiger partial charge in [0.15, 0.2) is 29.6 Å². The van der Waals surface area contributed by atoms with E-state index >= 15 is 0 Å². The number of carbonyl (C=O) groups is 2. The summed E-state index contributed by atoms with van der Waals surface area (Å²) in [6, 6.07) is 14.8. The lowest BCUT2D eigenvalue weighted by molar-refractivity contribution is -0.118. The maximum Gasteiger partial charge on any atom is 0.271 e. The molecule has 11 heteroatoms. The lowest BCUT2D eigenvalue weighted by Gasteiger charge is -2.14. The van der Waals surface area contributed by atoms with Crippen molar-refractivity contribution in [1.82, 2.24) is 5.43 Å². The van der Waals surface area contributed by atoms with Gasteiger partial charge in [-0.2, -0.15) is 5.10 Å². The number of hydrogen-bond donors (Lipinski definition) is 2. The molecule has 0 aliphatic carbocycles. The minimum absolute atomic E-state index is 0.209. The number of carbonyl (C=O) groups excluding carboxylic acids is 2. The summed E-state index contributed by atoms with van der Waals surface area (Å²) in [5.74, 6) is 0.751. The second kappa shape index (κ2) is 14.8. The maximum atomic E-state index is 12.6. The van der Waals surface area contributed by atoms with E-state index in [2.05, 4.69) is 15.8 Å². The van der Waals surface area contributed by atoms with Crippen molar-refractivity contribution in [2.24, 2.45) is 5.10 Å². The van der Waals surface area contributed by atoms with Gasteiger partial charge in [0.1, 0.15) is 0 Å². The summed E-state index contributed by atoms with van der Waals surface area (Å²) in [5.41, 5.74) is 3.96. The molecule has 0 aliphatic rings. The largest absolute Gasteiger partial charge is 0.490 e. The fraction of sp³-hybridized carbons (Fsp3) is 0.250. The molecule has 0 aliphatic heterocycles. The van der Waals surface area contributed by atoms with Crippen LogP contribution in [0.5, 0.6) is 23.0 Å². The van der Waals surface area contributed by atoms with Gasteiger partial charge < -0.3 is 24.3 Å². The number of amides is 2. The normalized spacial score (nSPS) is 10.7. The third kappa shape index (κ3) is 8.80. The van der Waals surface area contributed by atoms with Gasteiger partial charge in [-0.1, -0.05) is 23.2 Å². The number of rotatable bonds is 13. The molecule has 0 saturated carbocycles. The second-order valence-corrected chi connectivity index (χ2v) is 8.68. The van der Waals surface area contributed by atoms with Crippen molar-refractivity contribution < 1.29 is 28.5 Å². The van der Waals surface area contributed by atoms with Gasteiger partial charge >= 0.3 is 0 Å². The van der Waals surface area contributed by atoms with Crippen LogP contribution in [0.15, 0.2) is 59.7 Å². The predicted molar refractivity (Wildman–Crippen MR) is 152 cm³/mol. The van der Waals surface area contributed by atoms with E-state index in [-0.39, 0.29) is 23.3 Å². The Balaban J connectivity index is 1.66. The van der Waals surface area contributed by atoms with Crippen LogP contribution in [0.1, 0.15) is 36.7 Å². The van der Waals surface area contributed by atoms with Crippen molar-refractivity contribution >= 4 is 46.9 Å². The van der Waals surface area contributed by atoms with Crippen LogP contribution in [0, 0.1) is 0 Å². The van der Waals surface area contributed by atoms with Crippen LogP contribution in [0.4, 0.5) is 5.69 Å². The molecular weight excluding hydrogens is 545 g/mol. The highest BCUT2D eigenvalue weighted by atomic mass is 35.5. The average Bonchev–Trinajstić information content (AvgIpc) is 2.91. The van der Waals surface area contributed by atoms with E-state index in [0.717, 1.165) is 0 Å². The van der Waals surface area contributed by atoms with Gasteiger partial charge in [-0.3, -0.25) is 9.59 Å². The van der Waals surface area contributed by atoms with Crippen LogP contribution in [0.2, 0.25) is 10.0 Å². The lowest BCUT2D eigenvalue weighted by Crippen LogP contribution is -2.20. The Labute approximate surface area is 237 Å². The number of nitrogens with one attached hydrogen (secondary N) is 2. The number of hydrogen-bond acceptors (Lipinski definition) is 7. The molecule has 0 bridgehead atoms. The Morgan fingerprint density at radius 2 is 1.49 bits per heavy atom. The van der Waals surface area contributed by atoms with E-state index in [1.54, 1.807) is 61.5 Å². The zero-order valence-electron chi connectivity index (χ0n) is 21.8. The Bertz CT molecular complexity index is 1320. The molecule has 2 N–H and O–H groups in total. The van der Waals surface area contributed by atoms with Gasteiger partial charge in [-0.05, 0) is 80.9 Å². The highest BCUT2D eigenvalue weighted by molar-refractivity contribution is 6.32. The van der Waals surface area contributed by atoms with E-state index in [4.69, 9.17) is 42.1 Å². The van der Waals surface area contributed by atoms with Crippen molar-refractivity contribution in [3.05, 3.63) is 75.8 Å². The second-order valence-electron chi connectivity index (χ2n) is 7.83. The molecule has 0 spiro atoms. The van der Waals surface area contributed by atoms with Crippen LogP contribution in [0.3, 0.4) is 0 Å². The Morgan fingerprint density at radius 3 is 2.18 bits per heavy atom. The smallest absolute Gasteiger partial charge is 0.271 e. The van der Waals surface area contributed by atoms with E-state index in [1.165, 1.54) is 6.21 Å². The van der Waals surface area contributed by atoms with Crippen molar-refractivity contribution in [3.8, 4) is 23.0 Å². The first-order valence-electron chi connectivity index (χ1n) is 12.2. The summed E-state index contributed by atoms with van der Waals surface area (Å²) >= 11 is 12.3. The molecule has 9 nitrogen and oxygen atoms in total. The monoisotopic (exact) mass is 573 g/mol. The number of hydrazone groups is 1. The summed E-state index contributed by atoms with van der Waals surface area (Å²) in [7, 11) is 0. The zero-order chi connectivity index (χ0) is 28.2. The number of ether oxygens (including phenoxy) is 4. The molecule has 3 rings (SSSR count). The van der Waals surface area contributed by atoms with Crippen molar-refractivity contribution in [3.63, 3.8) is 0 Å². The summed E-state index contributed by atoms with van der Waals surface area (Å²) < 4.78 is 22.4. The van der Waals surface area contributed by atoms with Crippen LogP contribution >= 0.6 is 23.2 Å². The van der Waals surface area contributed by atoms with Gasteiger partial charge in [0.2, 0.25) is 0 Å². The molecule has 206 valence electrons. The number of nitrogens with zero attached hydrogens (tertiary/aromatic N) is 1. The summed E-state index contributed by atoms with van der Waals surface area (Å²) in [6.07, 6.45) is 1.42. The molecule has 39 heavy (non-hydrogen) atoms. The first-order valence-corrected chi connectivity index (χ1v) is 13.0. The van der Waals surface area contributed by atoms with Gasteiger partial charge in [0.05, 0.1) is 31.1 Å². The molecule has 0 unspecified atom stereocenters. The topological polar surface area (TPSA) is 107 Å². The van der Waals surface area contributed by atoms with Crippen molar-refractivity contribution in [2.45, 2.75) is 20.8 Å². The molecule has 2 amide bonds. The predicted octanol–water partition coefficient (Wildman–Crippen LogP) is 5.97. The first-order chi connectivity index (χ1) is 18.8. The average molecular weight is 574 g/mol. The molecule has 3 aromatic carbocycles. The van der Waals surface area contributed by atoms with Gasteiger partial charge in [0.25, 0.3) is 11.8 Å². The standard InChI is InChI=1S/C28H29Cl2N3O6/c1-4-36-23-12-7-19(15-24(23)37-5-2)28(35)33-31-16-18-13-22(30)27(25(14-18)38-6-3)39-17-26(34)32-21-10-8-20(29)9-11-21/h7-16H,4-6,17H2,1-3H3,(H,32,34)(H,33,35)/b31-16+. The van der Waals surface area contributed by atoms with Crippen molar-refractivity contribution in [1.29, 1.82) is 0 Å². The molecular formula is C28H29Cl2N3O6. The highest BCUT2D eigenvalue weighted by Crippen LogP contribution is 2.36. The molecule has 0 atom stereocenters. The number of halogens is 2. The van der Waals surface area contributed by atoms with Crippen LogP contribution < -0.4 is 29.7 Å². The minimum Gasteiger partial charge on any atom is -0.490 e. The van der Waals surface area contributed by atoms with E-state index in [0.29, 0.717) is 58.9 Å². The van der Waals surface area contributed by atoms with Gasteiger partial charge in [-0.15, -0.1) is 0 Å². The van der Waals surface area contributed by atoms with Crippen LogP contribution in [-0.2, 0) is 4.79 Å². The molecule has 0 fully saturated rings. The van der Waals surface area contributed by atoms with Gasteiger partial charge in [-0.25, -0.2) is 5.43 Å². The molecule has 3 aromatic rings. The quantitative estimate of drug-likeness (QED) is 0.192. The fourth-order valence-electron chi connectivity index (χ4n) is 3.36. The highest BCUT2D eigenvalue weighted by Gasteiger charge is 2.15. The third-order valence-electron chi connectivity index (χ3n) is 4.99. The molecule has 0 saturated heterocycles. The molecule has 0 heterocycles. The Morgan fingerprint density at radius 1 is 0.821 bits per heavy atom. The number of benzene rings is 3. The summed E-state index contributed by atoms with van der Waals surface area (Å²) in [4.78, 5) is 24.9. The maximum absolute atomic E-state index is 12.6. The lowest BCUT2D eigenvalue weighted by atomic mass is 10.2. The third-order valence-corrected chi connectivity index (χ3v) is 5.53. The molecule has 0 aromatic heterocycles. The van der Waals surface area contributed by atoms with Crippen LogP contribution in [-0.4, -0.2) is 44.5 Å². The summed E-state index contributed by atoms with van der Waals surface area (Å²) in [5, 5.41) is 7.51. The zero-order valence-corrected chi connectivity index (χ0v) is 23.3. The fourth-order valence-corrected chi connectivity index (χ4v) is 3.76. The summed E-state index contributed by atoms with van der Waals surface area (Å²) in [6.45, 7) is 6.47. The Kier molecular flexibility index (Phi) is 11.3.